The molecule has 0 aliphatic rings. The number of methoxy groups -OCH3 is 1. The predicted octanol–water partition coefficient (Wildman–Crippen LogP) is 3.49. The Bertz CT molecular complexity index is 701. The minimum absolute atomic E-state index is 0.561. The van der Waals surface area contributed by atoms with Crippen molar-refractivity contribution >= 4 is 5.96 Å². The summed E-state index contributed by atoms with van der Waals surface area (Å²) in [4.78, 5) is 4.70. The van der Waals surface area contributed by atoms with Crippen LogP contribution in [0.4, 0.5) is 0 Å². The maximum absolute atomic E-state index is 5.68. The molecule has 2 rings (SSSR count). The zero-order chi connectivity index (χ0) is 18.6. The maximum Gasteiger partial charge on any atom is 0.191 e. The Balaban J connectivity index is 2.06. The first kappa shape index (κ1) is 19.8. The van der Waals surface area contributed by atoms with Gasteiger partial charge in [-0.05, 0) is 31.0 Å². The highest BCUT2D eigenvalue weighted by Gasteiger charge is 2.05. The molecule has 0 amide bonds. The van der Waals surface area contributed by atoms with Crippen LogP contribution < -0.4 is 15.4 Å². The van der Waals surface area contributed by atoms with Crippen LogP contribution in [0.25, 0.3) is 0 Å². The summed E-state index contributed by atoms with van der Waals surface area (Å²) in [5, 5.41) is 6.69. The molecule has 5 heteroatoms. The number of benzene rings is 2. The average molecular weight is 355 g/mol. The fourth-order valence-electron chi connectivity index (χ4n) is 2.64. The van der Waals surface area contributed by atoms with Crippen LogP contribution in [-0.4, -0.2) is 26.2 Å². The Labute approximate surface area is 156 Å². The molecule has 0 aliphatic carbocycles. The molecule has 0 atom stereocenters. The van der Waals surface area contributed by atoms with Crippen LogP contribution in [0.5, 0.6) is 5.75 Å². The zero-order valence-electron chi connectivity index (χ0n) is 15.9. The molecular weight excluding hydrogens is 326 g/mol. The van der Waals surface area contributed by atoms with Gasteiger partial charge in [0.15, 0.2) is 5.96 Å². The van der Waals surface area contributed by atoms with Gasteiger partial charge in [0.2, 0.25) is 0 Å². The predicted molar refractivity (Wildman–Crippen MR) is 106 cm³/mol. The lowest BCUT2D eigenvalue weighted by Crippen LogP contribution is -2.37. The van der Waals surface area contributed by atoms with Crippen molar-refractivity contribution in [3.63, 3.8) is 0 Å². The van der Waals surface area contributed by atoms with Crippen LogP contribution in [0.2, 0.25) is 0 Å². The standard InChI is InChI=1S/C21H29N3O2/c1-4-22-21(23-14-17-10-6-7-12-19(17)16-25-3)24-15-18-11-8-9-13-20(18)26-5-2/h6-13H,4-5,14-16H2,1-3H3,(H2,22,23,24). The van der Waals surface area contributed by atoms with Gasteiger partial charge < -0.3 is 20.1 Å². The van der Waals surface area contributed by atoms with E-state index in [4.69, 9.17) is 14.5 Å². The van der Waals surface area contributed by atoms with Crippen molar-refractivity contribution in [1.29, 1.82) is 0 Å². The first-order chi connectivity index (χ1) is 12.8. The van der Waals surface area contributed by atoms with E-state index in [1.54, 1.807) is 7.11 Å². The third kappa shape index (κ3) is 6.08. The van der Waals surface area contributed by atoms with E-state index in [-0.39, 0.29) is 0 Å². The molecule has 0 bridgehead atoms. The molecule has 0 aliphatic heterocycles. The van der Waals surface area contributed by atoms with Gasteiger partial charge in [-0.15, -0.1) is 0 Å². The molecule has 2 N–H and O–H groups in total. The van der Waals surface area contributed by atoms with Crippen molar-refractivity contribution in [2.75, 3.05) is 20.3 Å². The van der Waals surface area contributed by atoms with Gasteiger partial charge in [0.1, 0.15) is 5.75 Å². The van der Waals surface area contributed by atoms with Crippen LogP contribution in [0, 0.1) is 0 Å². The van der Waals surface area contributed by atoms with Gasteiger partial charge in [-0.1, -0.05) is 42.5 Å². The highest BCUT2D eigenvalue weighted by atomic mass is 16.5. The third-order valence-electron chi connectivity index (χ3n) is 3.89. The number of rotatable bonds is 9. The van der Waals surface area contributed by atoms with E-state index < -0.39 is 0 Å². The Morgan fingerprint density at radius 1 is 0.923 bits per heavy atom. The van der Waals surface area contributed by atoms with E-state index in [9.17, 15) is 0 Å². The van der Waals surface area contributed by atoms with E-state index in [1.165, 1.54) is 11.1 Å². The normalized spacial score (nSPS) is 11.3. The van der Waals surface area contributed by atoms with E-state index in [2.05, 4.69) is 29.7 Å². The van der Waals surface area contributed by atoms with Crippen molar-refractivity contribution < 1.29 is 9.47 Å². The Morgan fingerprint density at radius 3 is 2.31 bits per heavy atom. The van der Waals surface area contributed by atoms with Crippen molar-refractivity contribution in [3.05, 3.63) is 65.2 Å². The van der Waals surface area contributed by atoms with E-state index in [0.29, 0.717) is 26.3 Å². The number of nitrogens with one attached hydrogen (secondary N) is 2. The van der Waals surface area contributed by atoms with Crippen LogP contribution in [-0.2, 0) is 24.4 Å². The Morgan fingerprint density at radius 2 is 1.62 bits per heavy atom. The molecule has 0 saturated carbocycles. The summed E-state index contributed by atoms with van der Waals surface area (Å²) in [6.07, 6.45) is 0. The van der Waals surface area contributed by atoms with Crippen LogP contribution >= 0.6 is 0 Å². The van der Waals surface area contributed by atoms with Gasteiger partial charge in [0.05, 0.1) is 19.8 Å². The SMILES string of the molecule is CCNC(=NCc1ccccc1OCC)NCc1ccccc1COC. The number of guanidine groups is 1. The van der Waals surface area contributed by atoms with Gasteiger partial charge in [0, 0.05) is 25.8 Å². The highest BCUT2D eigenvalue weighted by Crippen LogP contribution is 2.18. The van der Waals surface area contributed by atoms with Crippen LogP contribution in [0.15, 0.2) is 53.5 Å². The summed E-state index contributed by atoms with van der Waals surface area (Å²) in [5.74, 6) is 1.67. The molecule has 2 aromatic carbocycles. The lowest BCUT2D eigenvalue weighted by atomic mass is 10.1. The third-order valence-corrected chi connectivity index (χ3v) is 3.89. The van der Waals surface area contributed by atoms with Gasteiger partial charge >= 0.3 is 0 Å². The van der Waals surface area contributed by atoms with Gasteiger partial charge in [-0.3, -0.25) is 0 Å². The molecule has 0 heterocycles. The molecule has 0 fully saturated rings. The molecular formula is C21H29N3O2. The number of hydrogen-bond donors (Lipinski definition) is 2. The molecule has 140 valence electrons. The molecule has 0 unspecified atom stereocenters. The van der Waals surface area contributed by atoms with Crippen molar-refractivity contribution in [3.8, 4) is 5.75 Å². The zero-order valence-corrected chi connectivity index (χ0v) is 15.9. The monoisotopic (exact) mass is 355 g/mol. The summed E-state index contributed by atoms with van der Waals surface area (Å²) in [6, 6.07) is 16.3. The second kappa shape index (κ2) is 11.2. The summed E-state index contributed by atoms with van der Waals surface area (Å²) < 4.78 is 11.0. The molecule has 5 nitrogen and oxygen atoms in total. The Hall–Kier alpha value is -2.53. The number of nitrogens with zero attached hydrogens (tertiary/aromatic N) is 1. The lowest BCUT2D eigenvalue weighted by molar-refractivity contribution is 0.184. The highest BCUT2D eigenvalue weighted by molar-refractivity contribution is 5.79. The van der Waals surface area contributed by atoms with Crippen LogP contribution in [0.3, 0.4) is 0 Å². The minimum Gasteiger partial charge on any atom is -0.494 e. The number of ether oxygens (including phenoxy) is 2. The molecule has 0 saturated heterocycles. The summed E-state index contributed by atoms with van der Waals surface area (Å²) in [5.41, 5.74) is 3.46. The Kier molecular flexibility index (Phi) is 8.49. The molecule has 0 aromatic heterocycles. The largest absolute Gasteiger partial charge is 0.494 e. The lowest BCUT2D eigenvalue weighted by Gasteiger charge is -2.14. The molecule has 0 spiro atoms. The second-order valence-electron chi connectivity index (χ2n) is 5.79. The summed E-state index contributed by atoms with van der Waals surface area (Å²) >= 11 is 0. The van der Waals surface area contributed by atoms with Gasteiger partial charge in [-0.25, -0.2) is 4.99 Å². The quantitative estimate of drug-likeness (QED) is 0.534. The van der Waals surface area contributed by atoms with Crippen molar-refractivity contribution in [1.82, 2.24) is 10.6 Å². The van der Waals surface area contributed by atoms with E-state index in [0.717, 1.165) is 23.8 Å². The van der Waals surface area contributed by atoms with Gasteiger partial charge in [0.25, 0.3) is 0 Å². The van der Waals surface area contributed by atoms with Crippen molar-refractivity contribution in [2.24, 2.45) is 4.99 Å². The fraction of sp³-hybridized carbons (Fsp3) is 0.381. The first-order valence-corrected chi connectivity index (χ1v) is 9.07. The molecule has 26 heavy (non-hydrogen) atoms. The number of hydrogen-bond acceptors (Lipinski definition) is 3. The first-order valence-electron chi connectivity index (χ1n) is 9.07. The van der Waals surface area contributed by atoms with Crippen molar-refractivity contribution in [2.45, 2.75) is 33.5 Å². The maximum atomic E-state index is 5.68. The van der Waals surface area contributed by atoms with Crippen LogP contribution in [0.1, 0.15) is 30.5 Å². The van der Waals surface area contributed by atoms with E-state index >= 15 is 0 Å². The molecule has 2 aromatic rings. The number of para-hydroxylation sites is 1. The topological polar surface area (TPSA) is 54.9 Å². The van der Waals surface area contributed by atoms with E-state index in [1.807, 2.05) is 43.3 Å². The number of aliphatic imine (C=N–C) groups is 1. The fourth-order valence-corrected chi connectivity index (χ4v) is 2.64. The summed E-state index contributed by atoms with van der Waals surface area (Å²) in [7, 11) is 1.71. The molecule has 0 radical (unpaired) electrons. The average Bonchev–Trinajstić information content (AvgIpc) is 2.66. The van der Waals surface area contributed by atoms with Gasteiger partial charge in [-0.2, -0.15) is 0 Å². The smallest absolute Gasteiger partial charge is 0.191 e. The summed E-state index contributed by atoms with van der Waals surface area (Å²) in [6.45, 7) is 7.36. The minimum atomic E-state index is 0.561. The second-order valence-corrected chi connectivity index (χ2v) is 5.79.